The minimum Gasteiger partial charge on any atom is -0.481 e. The Morgan fingerprint density at radius 2 is 1.90 bits per heavy atom. The molecule has 1 saturated carbocycles. The van der Waals surface area contributed by atoms with Crippen LogP contribution in [0, 0.1) is 12.3 Å². The average molecular weight is 274 g/mol. The summed E-state index contributed by atoms with van der Waals surface area (Å²) in [6.45, 7) is 8.00. The van der Waals surface area contributed by atoms with Crippen LogP contribution in [0.5, 0.6) is 0 Å². The molecule has 1 aromatic rings. The highest BCUT2D eigenvalue weighted by Crippen LogP contribution is 2.38. The van der Waals surface area contributed by atoms with Gasteiger partial charge < -0.3 is 5.11 Å². The standard InChI is InChI=1S/C15H18O3.C2H4/c1-11-3-2-4-12(9-11)10-15(14(17)18)7-5-13(16)6-8-15;1-2/h2-4,9H,5-8,10H2,1H3,(H,17,18);1-2H2. The molecule has 0 aliphatic heterocycles. The zero-order valence-electron chi connectivity index (χ0n) is 12.0. The average Bonchev–Trinajstić information content (AvgIpc) is 2.44. The molecule has 1 fully saturated rings. The summed E-state index contributed by atoms with van der Waals surface area (Å²) in [5.41, 5.74) is 1.44. The number of carbonyl (C=O) groups excluding carboxylic acids is 1. The lowest BCUT2D eigenvalue weighted by molar-refractivity contribution is -0.152. The van der Waals surface area contributed by atoms with Crippen LogP contribution in [0.15, 0.2) is 37.4 Å². The number of hydrogen-bond donors (Lipinski definition) is 1. The third kappa shape index (κ3) is 3.80. The van der Waals surface area contributed by atoms with Crippen LogP contribution >= 0.6 is 0 Å². The van der Waals surface area contributed by atoms with Gasteiger partial charge in [-0.05, 0) is 31.7 Å². The number of rotatable bonds is 3. The number of carboxylic acids is 1. The Hall–Kier alpha value is -1.90. The highest BCUT2D eigenvalue weighted by atomic mass is 16.4. The van der Waals surface area contributed by atoms with Crippen molar-refractivity contribution in [2.45, 2.75) is 39.0 Å². The van der Waals surface area contributed by atoms with E-state index in [0.717, 1.165) is 11.1 Å². The first-order chi connectivity index (χ1) is 9.52. The SMILES string of the molecule is C=C.Cc1cccc(CC2(C(=O)O)CCC(=O)CC2)c1. The smallest absolute Gasteiger partial charge is 0.309 e. The fraction of sp³-hybridized carbons (Fsp3) is 0.412. The van der Waals surface area contributed by atoms with E-state index in [4.69, 9.17) is 0 Å². The molecule has 0 atom stereocenters. The molecule has 108 valence electrons. The lowest BCUT2D eigenvalue weighted by Gasteiger charge is -2.32. The minimum absolute atomic E-state index is 0.191. The number of aryl methyl sites for hydroxylation is 1. The van der Waals surface area contributed by atoms with Gasteiger partial charge in [0.1, 0.15) is 5.78 Å². The highest BCUT2D eigenvalue weighted by molar-refractivity contribution is 5.84. The molecule has 3 heteroatoms. The van der Waals surface area contributed by atoms with Crippen molar-refractivity contribution in [2.24, 2.45) is 5.41 Å². The third-order valence-corrected chi connectivity index (χ3v) is 3.84. The molecule has 0 aromatic heterocycles. The Bertz CT molecular complexity index is 481. The first-order valence-corrected chi connectivity index (χ1v) is 6.82. The number of aliphatic carboxylic acids is 1. The second-order valence-electron chi connectivity index (χ2n) is 5.29. The van der Waals surface area contributed by atoms with Crippen molar-refractivity contribution in [2.75, 3.05) is 0 Å². The number of hydrogen-bond acceptors (Lipinski definition) is 2. The maximum Gasteiger partial charge on any atom is 0.309 e. The summed E-state index contributed by atoms with van der Waals surface area (Å²) in [5, 5.41) is 9.49. The van der Waals surface area contributed by atoms with Crippen LogP contribution in [0.3, 0.4) is 0 Å². The van der Waals surface area contributed by atoms with Crippen LogP contribution in [0.2, 0.25) is 0 Å². The molecule has 3 nitrogen and oxygen atoms in total. The second-order valence-corrected chi connectivity index (χ2v) is 5.29. The number of carboxylic acid groups (broad SMARTS) is 1. The van der Waals surface area contributed by atoms with Crippen LogP contribution in [0.4, 0.5) is 0 Å². The molecule has 0 unspecified atom stereocenters. The maximum absolute atomic E-state index is 11.6. The van der Waals surface area contributed by atoms with Crippen LogP contribution in [0.25, 0.3) is 0 Å². The monoisotopic (exact) mass is 274 g/mol. The summed E-state index contributed by atoms with van der Waals surface area (Å²) < 4.78 is 0. The van der Waals surface area contributed by atoms with E-state index in [1.54, 1.807) is 0 Å². The third-order valence-electron chi connectivity index (χ3n) is 3.84. The largest absolute Gasteiger partial charge is 0.481 e. The Balaban J connectivity index is 0.000000956. The summed E-state index contributed by atoms with van der Waals surface area (Å²) in [4.78, 5) is 22.8. The number of benzene rings is 1. The van der Waals surface area contributed by atoms with Crippen LogP contribution in [0.1, 0.15) is 36.8 Å². The molecule has 0 saturated heterocycles. The molecular weight excluding hydrogens is 252 g/mol. The van der Waals surface area contributed by atoms with E-state index < -0.39 is 11.4 Å². The molecule has 0 heterocycles. The van der Waals surface area contributed by atoms with Crippen molar-refractivity contribution in [3.05, 3.63) is 48.6 Å². The first-order valence-electron chi connectivity index (χ1n) is 6.82. The molecule has 2 rings (SSSR count). The van der Waals surface area contributed by atoms with Gasteiger partial charge in [-0.3, -0.25) is 9.59 Å². The zero-order chi connectivity index (χ0) is 15.2. The molecule has 0 bridgehead atoms. The predicted molar refractivity (Wildman–Crippen MR) is 79.7 cm³/mol. The van der Waals surface area contributed by atoms with Crippen molar-refractivity contribution >= 4 is 11.8 Å². The summed E-state index contributed by atoms with van der Waals surface area (Å²) in [5.74, 6) is -0.576. The Labute approximate surface area is 120 Å². The van der Waals surface area contributed by atoms with Crippen LogP contribution in [-0.4, -0.2) is 16.9 Å². The summed E-state index contributed by atoms with van der Waals surface area (Å²) in [6, 6.07) is 7.95. The Kier molecular flexibility index (Phi) is 5.68. The normalized spacial score (nSPS) is 16.9. The molecule has 1 aromatic carbocycles. The van der Waals surface area contributed by atoms with Gasteiger partial charge in [0.05, 0.1) is 5.41 Å². The van der Waals surface area contributed by atoms with Crippen molar-refractivity contribution < 1.29 is 14.7 Å². The minimum atomic E-state index is -0.767. The Morgan fingerprint density at radius 1 is 1.30 bits per heavy atom. The molecule has 0 amide bonds. The maximum atomic E-state index is 11.6. The molecule has 1 aliphatic carbocycles. The molecule has 1 N–H and O–H groups in total. The molecular formula is C17H22O3. The van der Waals surface area contributed by atoms with Gasteiger partial charge in [-0.25, -0.2) is 0 Å². The summed E-state index contributed by atoms with van der Waals surface area (Å²) in [7, 11) is 0. The van der Waals surface area contributed by atoms with Gasteiger partial charge in [-0.2, -0.15) is 0 Å². The quantitative estimate of drug-likeness (QED) is 0.857. The number of carbonyl (C=O) groups is 2. The molecule has 0 spiro atoms. The van der Waals surface area contributed by atoms with Gasteiger partial charge in [-0.15, -0.1) is 13.2 Å². The second kappa shape index (κ2) is 7.04. The number of Topliss-reactive ketones (excluding diaryl/α,β-unsaturated/α-hetero) is 1. The van der Waals surface area contributed by atoms with Crippen molar-refractivity contribution in [3.63, 3.8) is 0 Å². The van der Waals surface area contributed by atoms with E-state index in [1.165, 1.54) is 0 Å². The zero-order valence-corrected chi connectivity index (χ0v) is 12.0. The lowest BCUT2D eigenvalue weighted by atomic mass is 9.70. The van der Waals surface area contributed by atoms with Gasteiger partial charge >= 0.3 is 5.97 Å². The van der Waals surface area contributed by atoms with Gasteiger partial charge in [-0.1, -0.05) is 29.8 Å². The van der Waals surface area contributed by atoms with Gasteiger partial charge in [0.2, 0.25) is 0 Å². The fourth-order valence-corrected chi connectivity index (χ4v) is 2.69. The van der Waals surface area contributed by atoms with Crippen molar-refractivity contribution in [1.82, 2.24) is 0 Å². The highest BCUT2D eigenvalue weighted by Gasteiger charge is 2.41. The van der Waals surface area contributed by atoms with E-state index in [0.29, 0.717) is 32.1 Å². The lowest BCUT2D eigenvalue weighted by Crippen LogP contribution is -2.37. The van der Waals surface area contributed by atoms with E-state index >= 15 is 0 Å². The summed E-state index contributed by atoms with van der Waals surface area (Å²) in [6.07, 6.45) is 2.26. The number of ketones is 1. The Morgan fingerprint density at radius 3 is 2.40 bits per heavy atom. The summed E-state index contributed by atoms with van der Waals surface area (Å²) >= 11 is 0. The first kappa shape index (κ1) is 16.2. The molecule has 0 radical (unpaired) electrons. The van der Waals surface area contributed by atoms with Gasteiger partial charge in [0, 0.05) is 12.8 Å². The molecule has 20 heavy (non-hydrogen) atoms. The van der Waals surface area contributed by atoms with Crippen LogP contribution < -0.4 is 0 Å². The van der Waals surface area contributed by atoms with Crippen molar-refractivity contribution in [3.8, 4) is 0 Å². The molecule has 1 aliphatic rings. The van der Waals surface area contributed by atoms with E-state index in [1.807, 2.05) is 31.2 Å². The van der Waals surface area contributed by atoms with Gasteiger partial charge in [0.25, 0.3) is 0 Å². The topological polar surface area (TPSA) is 54.4 Å². The fourth-order valence-electron chi connectivity index (χ4n) is 2.69. The van der Waals surface area contributed by atoms with E-state index in [9.17, 15) is 14.7 Å². The van der Waals surface area contributed by atoms with E-state index in [2.05, 4.69) is 13.2 Å². The predicted octanol–water partition coefficient (Wildman–Crippen LogP) is 3.55. The van der Waals surface area contributed by atoms with Crippen molar-refractivity contribution in [1.29, 1.82) is 0 Å². The van der Waals surface area contributed by atoms with E-state index in [-0.39, 0.29) is 5.78 Å². The van der Waals surface area contributed by atoms with Gasteiger partial charge in [0.15, 0.2) is 0 Å². The van der Waals surface area contributed by atoms with Crippen LogP contribution in [-0.2, 0) is 16.0 Å².